The maximum Gasteiger partial charge on any atom is 0.255 e. The Morgan fingerprint density at radius 3 is 2.65 bits per heavy atom. The molecule has 1 atom stereocenters. The van der Waals surface area contributed by atoms with E-state index in [1.54, 1.807) is 18.2 Å². The average molecular weight is 311 g/mol. The third-order valence-corrected chi connectivity index (χ3v) is 4.16. The lowest BCUT2D eigenvalue weighted by Gasteiger charge is -2.19. The zero-order valence-electron chi connectivity index (χ0n) is 13.5. The molecule has 120 valence electrons. The van der Waals surface area contributed by atoms with E-state index in [0.29, 0.717) is 36.2 Å². The topological polar surface area (TPSA) is 47.6 Å². The maximum absolute atomic E-state index is 12.6. The van der Waals surface area contributed by atoms with Gasteiger partial charge in [-0.25, -0.2) is 0 Å². The van der Waals surface area contributed by atoms with E-state index >= 15 is 0 Å². The van der Waals surface area contributed by atoms with Crippen molar-refractivity contribution in [3.05, 3.63) is 53.6 Å². The molecule has 1 aliphatic rings. The van der Waals surface area contributed by atoms with Crippen LogP contribution in [0.2, 0.25) is 0 Å². The quantitative estimate of drug-likeness (QED) is 0.919. The Morgan fingerprint density at radius 2 is 1.87 bits per heavy atom. The second-order valence-electron chi connectivity index (χ2n) is 5.71. The van der Waals surface area contributed by atoms with E-state index in [9.17, 15) is 4.79 Å². The fraction of sp³-hybridized carbons (Fsp3) is 0.316. The molecule has 1 aliphatic heterocycles. The first-order valence-electron chi connectivity index (χ1n) is 7.99. The normalized spacial score (nSPS) is 14.2. The Hall–Kier alpha value is -2.49. The highest BCUT2D eigenvalue weighted by atomic mass is 16.6. The van der Waals surface area contributed by atoms with Gasteiger partial charge in [-0.1, -0.05) is 32.0 Å². The van der Waals surface area contributed by atoms with Gasteiger partial charge in [0.1, 0.15) is 13.2 Å². The number of carbonyl (C=O) groups is 1. The highest BCUT2D eigenvalue weighted by Crippen LogP contribution is 2.31. The van der Waals surface area contributed by atoms with Gasteiger partial charge < -0.3 is 14.8 Å². The highest BCUT2D eigenvalue weighted by Gasteiger charge is 2.16. The van der Waals surface area contributed by atoms with E-state index in [2.05, 4.69) is 25.2 Å². The Labute approximate surface area is 136 Å². The molecule has 0 fully saturated rings. The minimum atomic E-state index is -0.141. The third-order valence-electron chi connectivity index (χ3n) is 4.16. The van der Waals surface area contributed by atoms with E-state index in [-0.39, 0.29) is 5.91 Å². The lowest BCUT2D eigenvalue weighted by molar-refractivity contribution is 0.102. The van der Waals surface area contributed by atoms with Gasteiger partial charge in [-0.2, -0.15) is 0 Å². The van der Waals surface area contributed by atoms with E-state index in [1.165, 1.54) is 0 Å². The van der Waals surface area contributed by atoms with E-state index in [4.69, 9.17) is 9.47 Å². The molecule has 4 heteroatoms. The van der Waals surface area contributed by atoms with Gasteiger partial charge in [0.05, 0.1) is 0 Å². The van der Waals surface area contributed by atoms with Crippen LogP contribution < -0.4 is 14.8 Å². The maximum atomic E-state index is 12.6. The summed E-state index contributed by atoms with van der Waals surface area (Å²) in [6, 6.07) is 13.2. The van der Waals surface area contributed by atoms with Gasteiger partial charge in [0.25, 0.3) is 5.91 Å². The van der Waals surface area contributed by atoms with Crippen molar-refractivity contribution in [3.63, 3.8) is 0 Å². The summed E-state index contributed by atoms with van der Waals surface area (Å²) in [5.41, 5.74) is 2.58. The number of hydrogen-bond donors (Lipinski definition) is 1. The van der Waals surface area contributed by atoms with E-state index in [0.717, 1.165) is 17.7 Å². The Bertz CT molecular complexity index is 712. The lowest BCUT2D eigenvalue weighted by atomic mass is 9.97. The Kier molecular flexibility index (Phi) is 4.51. The second kappa shape index (κ2) is 6.73. The predicted octanol–water partition coefficient (Wildman–Crippen LogP) is 4.22. The number of rotatable bonds is 4. The molecule has 3 rings (SSSR count). The molecule has 2 aromatic rings. The zero-order chi connectivity index (χ0) is 16.2. The van der Waals surface area contributed by atoms with Crippen molar-refractivity contribution in [2.75, 3.05) is 18.5 Å². The third kappa shape index (κ3) is 3.31. The van der Waals surface area contributed by atoms with Crippen LogP contribution in [0.4, 0.5) is 5.69 Å². The summed E-state index contributed by atoms with van der Waals surface area (Å²) < 4.78 is 11.0. The Morgan fingerprint density at radius 1 is 1.13 bits per heavy atom. The van der Waals surface area contributed by atoms with Crippen LogP contribution in [0.3, 0.4) is 0 Å². The van der Waals surface area contributed by atoms with Crippen LogP contribution in [0.25, 0.3) is 0 Å². The van der Waals surface area contributed by atoms with Crippen LogP contribution in [-0.4, -0.2) is 19.1 Å². The fourth-order valence-corrected chi connectivity index (χ4v) is 2.64. The largest absolute Gasteiger partial charge is 0.486 e. The Balaban J connectivity index is 1.82. The molecule has 0 saturated heterocycles. The molecule has 1 amide bonds. The van der Waals surface area contributed by atoms with Gasteiger partial charge in [-0.3, -0.25) is 4.79 Å². The number of fused-ring (bicyclic) bond motifs is 1. The number of anilines is 1. The van der Waals surface area contributed by atoms with Gasteiger partial charge in [0.2, 0.25) is 0 Å². The number of carbonyl (C=O) groups excluding carboxylic acids is 1. The van der Waals surface area contributed by atoms with Gasteiger partial charge in [-0.15, -0.1) is 0 Å². The minimum absolute atomic E-state index is 0.141. The van der Waals surface area contributed by atoms with Gasteiger partial charge in [0, 0.05) is 11.3 Å². The predicted molar refractivity (Wildman–Crippen MR) is 90.5 cm³/mol. The highest BCUT2D eigenvalue weighted by molar-refractivity contribution is 6.05. The monoisotopic (exact) mass is 311 g/mol. The molecule has 0 radical (unpaired) electrons. The first-order valence-corrected chi connectivity index (χ1v) is 7.99. The first-order chi connectivity index (χ1) is 11.2. The summed E-state index contributed by atoms with van der Waals surface area (Å²) in [4.78, 5) is 12.6. The number of ether oxygens (including phenoxy) is 2. The van der Waals surface area contributed by atoms with Crippen molar-refractivity contribution < 1.29 is 14.3 Å². The van der Waals surface area contributed by atoms with Gasteiger partial charge >= 0.3 is 0 Å². The van der Waals surface area contributed by atoms with Crippen molar-refractivity contribution in [2.24, 2.45) is 0 Å². The molecular weight excluding hydrogens is 290 g/mol. The summed E-state index contributed by atoms with van der Waals surface area (Å²) in [7, 11) is 0. The number of benzene rings is 2. The molecule has 1 unspecified atom stereocenters. The van der Waals surface area contributed by atoms with Gasteiger partial charge in [-0.05, 0) is 42.2 Å². The summed E-state index contributed by atoms with van der Waals surface area (Å²) >= 11 is 0. The van der Waals surface area contributed by atoms with Crippen LogP contribution in [0.5, 0.6) is 11.5 Å². The molecule has 23 heavy (non-hydrogen) atoms. The van der Waals surface area contributed by atoms with E-state index in [1.807, 2.05) is 18.2 Å². The van der Waals surface area contributed by atoms with Crippen molar-refractivity contribution in [3.8, 4) is 11.5 Å². The standard InChI is InChI=1S/C19H21NO3/c1-3-13(2)15-6-4-5-7-16(15)20-19(21)14-8-9-17-18(12-14)23-11-10-22-17/h4-9,12-13H,3,10-11H2,1-2H3,(H,20,21). The van der Waals surface area contributed by atoms with Crippen molar-refractivity contribution in [1.29, 1.82) is 0 Å². The molecular formula is C19H21NO3. The zero-order valence-corrected chi connectivity index (χ0v) is 13.5. The molecule has 1 heterocycles. The minimum Gasteiger partial charge on any atom is -0.486 e. The lowest BCUT2D eigenvalue weighted by Crippen LogP contribution is -2.17. The van der Waals surface area contributed by atoms with Crippen LogP contribution >= 0.6 is 0 Å². The molecule has 2 aromatic carbocycles. The molecule has 0 aromatic heterocycles. The summed E-state index contributed by atoms with van der Waals surface area (Å²) in [6.45, 7) is 5.36. The smallest absolute Gasteiger partial charge is 0.255 e. The molecule has 0 bridgehead atoms. The molecule has 0 spiro atoms. The van der Waals surface area contributed by atoms with Crippen LogP contribution in [-0.2, 0) is 0 Å². The molecule has 0 saturated carbocycles. The van der Waals surface area contributed by atoms with Crippen LogP contribution in [0.15, 0.2) is 42.5 Å². The summed E-state index contributed by atoms with van der Waals surface area (Å²) in [5, 5.41) is 3.01. The van der Waals surface area contributed by atoms with Gasteiger partial charge in [0.15, 0.2) is 11.5 Å². The molecule has 0 aliphatic carbocycles. The van der Waals surface area contributed by atoms with E-state index < -0.39 is 0 Å². The SMILES string of the molecule is CCC(C)c1ccccc1NC(=O)c1ccc2c(c1)OCCO2. The number of amides is 1. The molecule has 4 nitrogen and oxygen atoms in total. The average Bonchev–Trinajstić information content (AvgIpc) is 2.61. The van der Waals surface area contributed by atoms with Crippen LogP contribution in [0.1, 0.15) is 42.1 Å². The number of hydrogen-bond acceptors (Lipinski definition) is 3. The molecule has 1 N–H and O–H groups in total. The first kappa shape index (κ1) is 15.4. The second-order valence-corrected chi connectivity index (χ2v) is 5.71. The number of para-hydroxylation sites is 1. The summed E-state index contributed by atoms with van der Waals surface area (Å²) in [6.07, 6.45) is 1.02. The van der Waals surface area contributed by atoms with Crippen molar-refractivity contribution in [2.45, 2.75) is 26.2 Å². The summed E-state index contributed by atoms with van der Waals surface area (Å²) in [5.74, 6) is 1.57. The number of nitrogens with one attached hydrogen (secondary N) is 1. The fourth-order valence-electron chi connectivity index (χ4n) is 2.64. The van der Waals surface area contributed by atoms with Crippen LogP contribution in [0, 0.1) is 0 Å². The van der Waals surface area contributed by atoms with Crippen molar-refractivity contribution >= 4 is 11.6 Å². The van der Waals surface area contributed by atoms with Crippen molar-refractivity contribution in [1.82, 2.24) is 0 Å².